The highest BCUT2D eigenvalue weighted by Gasteiger charge is 2.28. The lowest BCUT2D eigenvalue weighted by atomic mass is 10.2. The van der Waals surface area contributed by atoms with Crippen molar-refractivity contribution < 1.29 is 27.5 Å². The average Bonchev–Trinajstić information content (AvgIpc) is 3.49. The molecule has 38 heavy (non-hydrogen) atoms. The molecule has 0 fully saturated rings. The number of carbonyl (C=O) groups is 2. The van der Waals surface area contributed by atoms with Gasteiger partial charge in [0.15, 0.2) is 13.2 Å². The smallest absolute Gasteiger partial charge is 0.344 e. The van der Waals surface area contributed by atoms with Gasteiger partial charge in [-0.2, -0.15) is 0 Å². The highest BCUT2D eigenvalue weighted by molar-refractivity contribution is 7.99. The van der Waals surface area contributed by atoms with E-state index in [1.165, 1.54) is 11.4 Å². The molecule has 0 N–H and O–H groups in total. The van der Waals surface area contributed by atoms with Gasteiger partial charge >= 0.3 is 5.97 Å². The molecule has 0 radical (unpaired) electrons. The summed E-state index contributed by atoms with van der Waals surface area (Å²) in [5.74, 6) is -0.722. The molecule has 11 heteroatoms. The van der Waals surface area contributed by atoms with E-state index in [0.29, 0.717) is 11.4 Å². The van der Waals surface area contributed by atoms with Crippen LogP contribution in [0.3, 0.4) is 0 Å². The zero-order chi connectivity index (χ0) is 26.7. The Kier molecular flexibility index (Phi) is 7.41. The van der Waals surface area contributed by atoms with Gasteiger partial charge < -0.3 is 9.47 Å². The van der Waals surface area contributed by atoms with Crippen LogP contribution in [0, 0.1) is 0 Å². The Hall–Kier alpha value is -3.80. The van der Waals surface area contributed by atoms with Crippen LogP contribution in [0.5, 0.6) is 5.75 Å². The monoisotopic (exact) mass is 566 g/mol. The SMILES string of the molecule is CN(c1ccc(OCC(=O)OCC(=O)N2c3ccccc3Sc3ccccc32)cc1)S(=O)(=O)c1cccs1. The van der Waals surface area contributed by atoms with Crippen molar-refractivity contribution in [2.24, 2.45) is 0 Å². The van der Waals surface area contributed by atoms with E-state index in [2.05, 4.69) is 0 Å². The lowest BCUT2D eigenvalue weighted by Crippen LogP contribution is -2.33. The number of carbonyl (C=O) groups excluding carboxylic acids is 2. The molecule has 4 aromatic rings. The average molecular weight is 567 g/mol. The molecule has 3 aromatic carbocycles. The fraction of sp³-hybridized carbons (Fsp3) is 0.111. The molecule has 0 atom stereocenters. The highest BCUT2D eigenvalue weighted by atomic mass is 32.2. The number of benzene rings is 3. The molecule has 0 aliphatic carbocycles. The van der Waals surface area contributed by atoms with Gasteiger partial charge in [-0.1, -0.05) is 42.1 Å². The summed E-state index contributed by atoms with van der Waals surface area (Å²) in [6, 6.07) is 24.6. The minimum atomic E-state index is -3.65. The maximum Gasteiger partial charge on any atom is 0.344 e. The van der Waals surface area contributed by atoms with Crippen LogP contribution in [0.1, 0.15) is 0 Å². The predicted molar refractivity (Wildman–Crippen MR) is 147 cm³/mol. The molecule has 0 bridgehead atoms. The molecule has 8 nitrogen and oxygen atoms in total. The summed E-state index contributed by atoms with van der Waals surface area (Å²) in [5.41, 5.74) is 1.92. The van der Waals surface area contributed by atoms with E-state index in [-0.39, 0.29) is 10.1 Å². The lowest BCUT2D eigenvalue weighted by molar-refractivity contribution is -0.149. The molecule has 5 rings (SSSR count). The van der Waals surface area contributed by atoms with Crippen molar-refractivity contribution in [2.45, 2.75) is 14.0 Å². The van der Waals surface area contributed by atoms with Crippen LogP contribution in [-0.4, -0.2) is 40.6 Å². The van der Waals surface area contributed by atoms with Crippen molar-refractivity contribution in [3.63, 3.8) is 0 Å². The van der Waals surface area contributed by atoms with Crippen LogP contribution in [0.25, 0.3) is 0 Å². The van der Waals surface area contributed by atoms with Crippen molar-refractivity contribution in [2.75, 3.05) is 29.5 Å². The van der Waals surface area contributed by atoms with Gasteiger partial charge in [0.1, 0.15) is 9.96 Å². The van der Waals surface area contributed by atoms with Crippen molar-refractivity contribution >= 4 is 62.1 Å². The first kappa shape index (κ1) is 25.8. The zero-order valence-corrected chi connectivity index (χ0v) is 22.6. The second kappa shape index (κ2) is 10.9. The number of ether oxygens (including phenoxy) is 2. The Morgan fingerprint density at radius 2 is 1.47 bits per heavy atom. The second-order valence-electron chi connectivity index (χ2n) is 8.11. The van der Waals surface area contributed by atoms with Gasteiger partial charge in [-0.05, 0) is 60.0 Å². The summed E-state index contributed by atoms with van der Waals surface area (Å²) in [6.45, 7) is -0.848. The number of rotatable bonds is 8. The Balaban J connectivity index is 1.17. The van der Waals surface area contributed by atoms with E-state index >= 15 is 0 Å². The number of hydrogen-bond donors (Lipinski definition) is 0. The molecule has 0 spiro atoms. The summed E-state index contributed by atoms with van der Waals surface area (Å²) < 4.78 is 37.5. The number of esters is 1. The van der Waals surface area contributed by atoms with Gasteiger partial charge in [-0.15, -0.1) is 11.3 Å². The van der Waals surface area contributed by atoms with Crippen LogP contribution >= 0.6 is 23.1 Å². The third kappa shape index (κ3) is 5.26. The van der Waals surface area contributed by atoms with Crippen LogP contribution in [0.15, 0.2) is 104 Å². The van der Waals surface area contributed by atoms with E-state index in [1.54, 1.807) is 58.4 Å². The van der Waals surface area contributed by atoms with Crippen LogP contribution in [-0.2, 0) is 24.3 Å². The first-order chi connectivity index (χ1) is 18.3. The molecule has 2 heterocycles. The minimum Gasteiger partial charge on any atom is -0.482 e. The largest absolute Gasteiger partial charge is 0.482 e. The van der Waals surface area contributed by atoms with Crippen LogP contribution < -0.4 is 13.9 Å². The quantitative estimate of drug-likeness (QED) is 0.266. The maximum absolute atomic E-state index is 13.1. The van der Waals surface area contributed by atoms with Crippen molar-refractivity contribution in [1.82, 2.24) is 0 Å². The molecular formula is C27H22N2O6S3. The normalized spacial score (nSPS) is 12.3. The number of sulfonamides is 1. The summed E-state index contributed by atoms with van der Waals surface area (Å²) in [4.78, 5) is 28.9. The van der Waals surface area contributed by atoms with Crippen molar-refractivity contribution in [3.05, 3.63) is 90.3 Å². The van der Waals surface area contributed by atoms with Gasteiger partial charge in [0.25, 0.3) is 15.9 Å². The third-order valence-corrected chi connectivity index (χ3v) is 9.99. The fourth-order valence-corrected chi connectivity index (χ4v) is 7.21. The number of nitrogens with zero attached hydrogens (tertiary/aromatic N) is 2. The molecule has 0 saturated heterocycles. The van der Waals surface area contributed by atoms with E-state index in [9.17, 15) is 18.0 Å². The molecule has 1 amide bonds. The number of anilines is 3. The topological polar surface area (TPSA) is 93.2 Å². The van der Waals surface area contributed by atoms with Gasteiger partial charge in [-0.3, -0.25) is 14.0 Å². The lowest BCUT2D eigenvalue weighted by Gasteiger charge is -2.30. The summed E-state index contributed by atoms with van der Waals surface area (Å²) >= 11 is 2.72. The molecule has 1 aliphatic heterocycles. The number of thiophene rings is 1. The Morgan fingerprint density at radius 1 is 0.842 bits per heavy atom. The van der Waals surface area contributed by atoms with E-state index in [4.69, 9.17) is 9.47 Å². The van der Waals surface area contributed by atoms with Gasteiger partial charge in [0.05, 0.1) is 17.1 Å². The van der Waals surface area contributed by atoms with Crippen LogP contribution in [0.2, 0.25) is 0 Å². The van der Waals surface area contributed by atoms with Gasteiger partial charge in [-0.25, -0.2) is 13.2 Å². The molecular weight excluding hydrogens is 545 g/mol. The molecule has 194 valence electrons. The summed E-state index contributed by atoms with van der Waals surface area (Å²) in [6.07, 6.45) is 0. The second-order valence-corrected chi connectivity index (χ2v) is 12.3. The fourth-order valence-electron chi connectivity index (χ4n) is 3.80. The van der Waals surface area contributed by atoms with Crippen molar-refractivity contribution in [3.8, 4) is 5.75 Å². The van der Waals surface area contributed by atoms with Gasteiger partial charge in [0.2, 0.25) is 0 Å². The predicted octanol–water partition coefficient (Wildman–Crippen LogP) is 5.32. The van der Waals surface area contributed by atoms with Gasteiger partial charge in [0, 0.05) is 16.8 Å². The standard InChI is InChI=1S/C27H22N2O6S3/c1-28(38(32,33)27-11-6-16-36-27)19-12-14-20(15-13-19)34-18-26(31)35-17-25(30)29-21-7-2-4-9-23(21)37-24-10-5-3-8-22(24)29/h2-16H,17-18H2,1H3. The Morgan fingerprint density at radius 3 is 2.08 bits per heavy atom. The molecule has 1 aromatic heterocycles. The first-order valence-corrected chi connectivity index (χ1v) is 14.6. The highest BCUT2D eigenvalue weighted by Crippen LogP contribution is 2.47. The van der Waals surface area contributed by atoms with E-state index in [1.807, 2.05) is 48.5 Å². The summed E-state index contributed by atoms with van der Waals surface area (Å²) in [5, 5.41) is 1.70. The van der Waals surface area contributed by atoms with Crippen molar-refractivity contribution in [1.29, 1.82) is 0 Å². The van der Waals surface area contributed by atoms with Crippen LogP contribution in [0.4, 0.5) is 17.1 Å². The molecule has 0 saturated carbocycles. The minimum absolute atomic E-state index is 0.243. The maximum atomic E-state index is 13.1. The van der Waals surface area contributed by atoms with E-state index in [0.717, 1.165) is 32.5 Å². The third-order valence-electron chi connectivity index (χ3n) is 5.71. The molecule has 1 aliphatic rings. The van der Waals surface area contributed by atoms with E-state index < -0.39 is 29.2 Å². The number of para-hydroxylation sites is 2. The number of amides is 1. The Bertz CT molecular complexity index is 1530. The number of fused-ring (bicyclic) bond motifs is 2. The zero-order valence-electron chi connectivity index (χ0n) is 20.1. The molecule has 0 unspecified atom stereocenters. The first-order valence-electron chi connectivity index (χ1n) is 11.4. The Labute approximate surface area is 228 Å². The number of hydrogen-bond acceptors (Lipinski definition) is 8. The summed E-state index contributed by atoms with van der Waals surface area (Å²) in [7, 11) is -2.18.